The Bertz CT molecular complexity index is 525. The number of aromatic nitrogens is 2. The number of fused-ring (bicyclic) bond motifs is 1. The van der Waals surface area contributed by atoms with E-state index in [1.165, 1.54) is 32.4 Å². The van der Waals surface area contributed by atoms with Gasteiger partial charge in [0.05, 0.1) is 6.04 Å². The summed E-state index contributed by atoms with van der Waals surface area (Å²) >= 11 is 0. The summed E-state index contributed by atoms with van der Waals surface area (Å²) in [7, 11) is 0. The van der Waals surface area contributed by atoms with Gasteiger partial charge in [0.25, 0.3) is 0 Å². The minimum atomic E-state index is 0.0204. The van der Waals surface area contributed by atoms with Crippen molar-refractivity contribution in [3.63, 3.8) is 0 Å². The van der Waals surface area contributed by atoms with Gasteiger partial charge in [-0.05, 0) is 45.2 Å². The van der Waals surface area contributed by atoms with E-state index in [0.717, 1.165) is 49.3 Å². The van der Waals surface area contributed by atoms with E-state index in [4.69, 9.17) is 4.98 Å². The molecule has 1 saturated heterocycles. The molecule has 1 unspecified atom stereocenters. The molecule has 1 fully saturated rings. The number of rotatable bonds is 4. The first-order valence-corrected chi connectivity index (χ1v) is 8.56. The number of nitrogens with zero attached hydrogens (tertiary/aromatic N) is 3. The van der Waals surface area contributed by atoms with Crippen molar-refractivity contribution in [3.05, 3.63) is 23.3 Å². The highest BCUT2D eigenvalue weighted by molar-refractivity contribution is 5.73. The van der Waals surface area contributed by atoms with Gasteiger partial charge in [-0.3, -0.25) is 4.79 Å². The first kappa shape index (κ1) is 15.4. The van der Waals surface area contributed by atoms with Crippen molar-refractivity contribution < 1.29 is 4.79 Å². The molecule has 1 N–H and O–H groups in total. The molecule has 3 rings (SSSR count). The van der Waals surface area contributed by atoms with E-state index < -0.39 is 0 Å². The third-order valence-electron chi connectivity index (χ3n) is 4.71. The molecule has 0 radical (unpaired) electrons. The largest absolute Gasteiger partial charge is 0.349 e. The molecule has 1 aliphatic carbocycles. The minimum Gasteiger partial charge on any atom is -0.349 e. The third-order valence-corrected chi connectivity index (χ3v) is 4.71. The fraction of sp³-hybridized carbons (Fsp3) is 0.706. The van der Waals surface area contributed by atoms with Crippen LogP contribution in [0.5, 0.6) is 0 Å². The molecule has 5 heteroatoms. The van der Waals surface area contributed by atoms with Gasteiger partial charge < -0.3 is 10.2 Å². The number of likely N-dealkylation sites (tertiary alicyclic amines) is 1. The Balaban J connectivity index is 1.63. The molecule has 1 atom stereocenters. The minimum absolute atomic E-state index is 0.0204. The molecule has 0 saturated carbocycles. The second kappa shape index (κ2) is 7.18. The smallest absolute Gasteiger partial charge is 0.217 e. The molecule has 1 aromatic rings. The number of hydrogen-bond donors (Lipinski definition) is 1. The lowest BCUT2D eigenvalue weighted by Crippen LogP contribution is -2.32. The maximum absolute atomic E-state index is 11.3. The monoisotopic (exact) mass is 302 g/mol. The summed E-state index contributed by atoms with van der Waals surface area (Å²) in [6, 6.07) is 0.0948. The zero-order chi connectivity index (χ0) is 15.4. The zero-order valence-corrected chi connectivity index (χ0v) is 13.5. The first-order valence-electron chi connectivity index (χ1n) is 8.56. The molecule has 0 bridgehead atoms. The van der Waals surface area contributed by atoms with Crippen LogP contribution in [0.25, 0.3) is 0 Å². The van der Waals surface area contributed by atoms with Crippen LogP contribution in [-0.4, -0.2) is 40.4 Å². The van der Waals surface area contributed by atoms with Gasteiger partial charge in [0.1, 0.15) is 5.82 Å². The van der Waals surface area contributed by atoms with Crippen LogP contribution in [0, 0.1) is 0 Å². The summed E-state index contributed by atoms with van der Waals surface area (Å²) in [5.41, 5.74) is 2.25. The third kappa shape index (κ3) is 3.83. The SMILES string of the molecule is CC(=O)NC1CCCc2nc(CCN3CCCCC3)ncc21. The van der Waals surface area contributed by atoms with Crippen LogP contribution in [0.1, 0.15) is 62.2 Å². The van der Waals surface area contributed by atoms with Crippen LogP contribution in [0.4, 0.5) is 0 Å². The molecule has 0 spiro atoms. The highest BCUT2D eigenvalue weighted by atomic mass is 16.1. The predicted molar refractivity (Wildman–Crippen MR) is 85.5 cm³/mol. The Kier molecular flexibility index (Phi) is 5.03. The van der Waals surface area contributed by atoms with Gasteiger partial charge in [-0.1, -0.05) is 6.42 Å². The Hall–Kier alpha value is -1.49. The van der Waals surface area contributed by atoms with Gasteiger partial charge >= 0.3 is 0 Å². The molecular weight excluding hydrogens is 276 g/mol. The van der Waals surface area contributed by atoms with Gasteiger partial charge in [-0.15, -0.1) is 0 Å². The predicted octanol–water partition coefficient (Wildman–Crippen LogP) is 2.02. The molecular formula is C17H26N4O. The van der Waals surface area contributed by atoms with Gasteiger partial charge in [0, 0.05) is 37.3 Å². The van der Waals surface area contributed by atoms with Crippen molar-refractivity contribution in [1.82, 2.24) is 20.2 Å². The lowest BCUT2D eigenvalue weighted by atomic mass is 9.92. The fourth-order valence-corrected chi connectivity index (χ4v) is 3.55. The van der Waals surface area contributed by atoms with Gasteiger partial charge in [0.2, 0.25) is 5.91 Å². The summed E-state index contributed by atoms with van der Waals surface area (Å²) in [5, 5.41) is 3.01. The second-order valence-electron chi connectivity index (χ2n) is 6.49. The van der Waals surface area contributed by atoms with E-state index in [2.05, 4.69) is 15.2 Å². The van der Waals surface area contributed by atoms with E-state index >= 15 is 0 Å². The van der Waals surface area contributed by atoms with Crippen LogP contribution in [-0.2, 0) is 17.6 Å². The van der Waals surface area contributed by atoms with E-state index in [-0.39, 0.29) is 11.9 Å². The molecule has 2 aliphatic rings. The van der Waals surface area contributed by atoms with Gasteiger partial charge in [-0.2, -0.15) is 0 Å². The average Bonchev–Trinajstić information content (AvgIpc) is 2.53. The normalized spacial score (nSPS) is 22.1. The molecule has 0 aromatic carbocycles. The number of piperidine rings is 1. The number of nitrogens with one attached hydrogen (secondary N) is 1. The topological polar surface area (TPSA) is 58.1 Å². The molecule has 120 valence electrons. The van der Waals surface area contributed by atoms with Crippen molar-refractivity contribution in [3.8, 4) is 0 Å². The molecule has 2 heterocycles. The van der Waals surface area contributed by atoms with Crippen molar-refractivity contribution in [1.29, 1.82) is 0 Å². The van der Waals surface area contributed by atoms with Crippen molar-refractivity contribution >= 4 is 5.91 Å². The van der Waals surface area contributed by atoms with Crippen LogP contribution in [0.15, 0.2) is 6.20 Å². The molecule has 1 aromatic heterocycles. The standard InChI is InChI=1S/C17H26N4O/c1-13(22)19-15-6-5-7-16-14(15)12-18-17(20-16)8-11-21-9-3-2-4-10-21/h12,15H,2-11H2,1H3,(H,19,22). The van der Waals surface area contributed by atoms with Gasteiger partial charge in [0.15, 0.2) is 0 Å². The molecule has 5 nitrogen and oxygen atoms in total. The lowest BCUT2D eigenvalue weighted by molar-refractivity contribution is -0.119. The molecule has 22 heavy (non-hydrogen) atoms. The second-order valence-corrected chi connectivity index (χ2v) is 6.49. The van der Waals surface area contributed by atoms with Crippen LogP contribution in [0.3, 0.4) is 0 Å². The maximum Gasteiger partial charge on any atom is 0.217 e. The Labute approximate surface area is 132 Å². The van der Waals surface area contributed by atoms with E-state index in [1.807, 2.05) is 6.20 Å². The van der Waals surface area contributed by atoms with E-state index in [9.17, 15) is 4.79 Å². The van der Waals surface area contributed by atoms with Crippen LogP contribution >= 0.6 is 0 Å². The van der Waals surface area contributed by atoms with Crippen molar-refractivity contribution in [2.24, 2.45) is 0 Å². The number of carbonyl (C=O) groups is 1. The molecule has 1 amide bonds. The van der Waals surface area contributed by atoms with Crippen LogP contribution in [0.2, 0.25) is 0 Å². The summed E-state index contributed by atoms with van der Waals surface area (Å²) in [4.78, 5) is 23.1. The Morgan fingerprint density at radius 1 is 1.32 bits per heavy atom. The highest BCUT2D eigenvalue weighted by Gasteiger charge is 2.23. The average molecular weight is 302 g/mol. The zero-order valence-electron chi connectivity index (χ0n) is 13.5. The maximum atomic E-state index is 11.3. The number of amides is 1. The fourth-order valence-electron chi connectivity index (χ4n) is 3.55. The summed E-state index contributed by atoms with van der Waals surface area (Å²) < 4.78 is 0. The van der Waals surface area contributed by atoms with Crippen LogP contribution < -0.4 is 5.32 Å². The molecule has 1 aliphatic heterocycles. The number of carbonyl (C=O) groups excluding carboxylic acids is 1. The summed E-state index contributed by atoms with van der Waals surface area (Å²) in [6.07, 6.45) is 9.96. The van der Waals surface area contributed by atoms with Gasteiger partial charge in [-0.25, -0.2) is 9.97 Å². The van der Waals surface area contributed by atoms with Crippen molar-refractivity contribution in [2.45, 2.75) is 57.9 Å². The summed E-state index contributed by atoms with van der Waals surface area (Å²) in [6.45, 7) is 5.07. The number of hydrogen-bond acceptors (Lipinski definition) is 4. The lowest BCUT2D eigenvalue weighted by Gasteiger charge is -2.27. The number of aryl methyl sites for hydroxylation is 1. The Morgan fingerprint density at radius 3 is 2.91 bits per heavy atom. The van der Waals surface area contributed by atoms with E-state index in [1.54, 1.807) is 6.92 Å². The van der Waals surface area contributed by atoms with Crippen molar-refractivity contribution in [2.75, 3.05) is 19.6 Å². The summed E-state index contributed by atoms with van der Waals surface area (Å²) in [5.74, 6) is 0.972. The Morgan fingerprint density at radius 2 is 2.14 bits per heavy atom. The first-order chi connectivity index (χ1) is 10.7. The highest BCUT2D eigenvalue weighted by Crippen LogP contribution is 2.28. The quantitative estimate of drug-likeness (QED) is 0.924. The van der Waals surface area contributed by atoms with E-state index in [0.29, 0.717) is 0 Å².